The van der Waals surface area contributed by atoms with Crippen molar-refractivity contribution in [3.63, 3.8) is 0 Å². The van der Waals surface area contributed by atoms with E-state index in [1.54, 1.807) is 24.3 Å². The first-order valence-electron chi connectivity index (χ1n) is 6.76. The number of hydrogen-bond acceptors (Lipinski definition) is 5. The topological polar surface area (TPSA) is 76.0 Å². The zero-order valence-corrected chi connectivity index (χ0v) is 12.5. The minimum Gasteiger partial charge on any atom is -0.504 e. The Bertz CT molecular complexity index is 762. The van der Waals surface area contributed by atoms with E-state index in [1.807, 2.05) is 0 Å². The van der Waals surface area contributed by atoms with E-state index in [0.29, 0.717) is 16.9 Å². The number of hydrogen-bond donors (Lipinski definition) is 2. The molecule has 0 saturated carbocycles. The number of phenolic OH excluding ortho intramolecular Hbond substituents is 2. The Morgan fingerprint density at radius 3 is 2.43 bits per heavy atom. The number of esters is 1. The molecule has 0 amide bonds. The van der Waals surface area contributed by atoms with Crippen molar-refractivity contribution in [2.75, 3.05) is 7.11 Å². The van der Waals surface area contributed by atoms with Crippen LogP contribution in [-0.4, -0.2) is 23.3 Å². The summed E-state index contributed by atoms with van der Waals surface area (Å²) in [6, 6.07) is 9.27. The van der Waals surface area contributed by atoms with Gasteiger partial charge in [0, 0.05) is 6.08 Å². The lowest BCUT2D eigenvalue weighted by Crippen LogP contribution is -2.03. The van der Waals surface area contributed by atoms with Crippen molar-refractivity contribution in [1.82, 2.24) is 0 Å². The van der Waals surface area contributed by atoms with Gasteiger partial charge in [-0.2, -0.15) is 0 Å². The Kier molecular flexibility index (Phi) is 5.04. The smallest absolute Gasteiger partial charge is 0.336 e. The fourth-order valence-electron chi connectivity index (χ4n) is 1.85. The van der Waals surface area contributed by atoms with Gasteiger partial charge in [0.2, 0.25) is 0 Å². The van der Waals surface area contributed by atoms with Gasteiger partial charge in [-0.25, -0.2) is 4.79 Å². The number of ether oxygens (including phenoxy) is 2. The Labute approximate surface area is 133 Å². The first kappa shape index (κ1) is 16.2. The van der Waals surface area contributed by atoms with E-state index in [-0.39, 0.29) is 17.2 Å². The van der Waals surface area contributed by atoms with E-state index in [0.717, 1.165) is 0 Å². The van der Waals surface area contributed by atoms with Gasteiger partial charge in [-0.3, -0.25) is 0 Å². The molecule has 0 aliphatic rings. The maximum atomic E-state index is 11.8. The van der Waals surface area contributed by atoms with Gasteiger partial charge in [0.25, 0.3) is 0 Å². The highest BCUT2D eigenvalue weighted by Gasteiger charge is 2.07. The van der Waals surface area contributed by atoms with Crippen LogP contribution in [0.4, 0.5) is 0 Å². The second-order valence-corrected chi connectivity index (χ2v) is 4.62. The molecule has 0 aromatic heterocycles. The summed E-state index contributed by atoms with van der Waals surface area (Å²) in [6.45, 7) is 3.59. The van der Waals surface area contributed by atoms with Gasteiger partial charge in [0.15, 0.2) is 23.0 Å². The molecule has 118 valence electrons. The van der Waals surface area contributed by atoms with Crippen molar-refractivity contribution in [3.8, 4) is 23.0 Å². The number of carbonyl (C=O) groups is 1. The first-order chi connectivity index (χ1) is 11.0. The molecule has 2 aromatic rings. The van der Waals surface area contributed by atoms with Crippen molar-refractivity contribution < 1.29 is 24.5 Å². The maximum Gasteiger partial charge on any atom is 0.336 e. The molecule has 0 saturated heterocycles. The zero-order chi connectivity index (χ0) is 16.8. The Balaban J connectivity index is 2.08. The summed E-state index contributed by atoms with van der Waals surface area (Å²) in [6.07, 6.45) is 4.30. The highest BCUT2D eigenvalue weighted by atomic mass is 16.5. The summed E-state index contributed by atoms with van der Waals surface area (Å²) in [7, 11) is 1.44. The minimum atomic E-state index is -0.640. The third-order valence-corrected chi connectivity index (χ3v) is 3.04. The summed E-state index contributed by atoms with van der Waals surface area (Å²) in [4.78, 5) is 11.8. The number of aromatic hydroxyl groups is 2. The molecule has 2 aromatic carbocycles. The van der Waals surface area contributed by atoms with Crippen LogP contribution in [0.2, 0.25) is 0 Å². The Morgan fingerprint density at radius 2 is 1.78 bits per heavy atom. The molecule has 0 bridgehead atoms. The van der Waals surface area contributed by atoms with Gasteiger partial charge < -0.3 is 19.7 Å². The van der Waals surface area contributed by atoms with Crippen LogP contribution >= 0.6 is 0 Å². The molecule has 2 rings (SSSR count). The van der Waals surface area contributed by atoms with E-state index in [1.165, 1.54) is 37.5 Å². The van der Waals surface area contributed by atoms with Gasteiger partial charge in [-0.05, 0) is 41.5 Å². The summed E-state index contributed by atoms with van der Waals surface area (Å²) in [5.41, 5.74) is 1.37. The summed E-state index contributed by atoms with van der Waals surface area (Å²) in [5.74, 6) is -0.402. The molecule has 0 aliphatic heterocycles. The molecule has 2 N–H and O–H groups in total. The lowest BCUT2D eigenvalue weighted by atomic mass is 10.2. The molecule has 0 heterocycles. The van der Waals surface area contributed by atoms with Crippen LogP contribution in [-0.2, 0) is 4.79 Å². The van der Waals surface area contributed by atoms with Crippen molar-refractivity contribution in [2.24, 2.45) is 0 Å². The van der Waals surface area contributed by atoms with Crippen LogP contribution in [0.1, 0.15) is 11.1 Å². The Hall–Kier alpha value is -3.21. The molecule has 0 atom stereocenters. The van der Waals surface area contributed by atoms with Gasteiger partial charge in [0.1, 0.15) is 0 Å². The molecule has 23 heavy (non-hydrogen) atoms. The average molecular weight is 312 g/mol. The van der Waals surface area contributed by atoms with E-state index < -0.39 is 5.97 Å². The second kappa shape index (κ2) is 7.17. The van der Waals surface area contributed by atoms with Gasteiger partial charge in [-0.15, -0.1) is 0 Å². The molecule has 0 aliphatic carbocycles. The monoisotopic (exact) mass is 312 g/mol. The van der Waals surface area contributed by atoms with E-state index in [9.17, 15) is 15.0 Å². The lowest BCUT2D eigenvalue weighted by Gasteiger charge is -2.05. The van der Waals surface area contributed by atoms with Crippen molar-refractivity contribution >= 4 is 18.1 Å². The van der Waals surface area contributed by atoms with Crippen LogP contribution in [0.3, 0.4) is 0 Å². The molecule has 0 spiro atoms. The molecule has 0 radical (unpaired) electrons. The average Bonchev–Trinajstić information content (AvgIpc) is 2.56. The number of phenols is 2. The van der Waals surface area contributed by atoms with E-state index in [2.05, 4.69) is 6.58 Å². The van der Waals surface area contributed by atoms with Crippen molar-refractivity contribution in [1.29, 1.82) is 0 Å². The first-order valence-corrected chi connectivity index (χ1v) is 6.76. The summed E-state index contributed by atoms with van der Waals surface area (Å²) in [5, 5.41) is 19.3. The highest BCUT2D eigenvalue weighted by molar-refractivity contribution is 5.89. The molecular weight excluding hydrogens is 296 g/mol. The summed E-state index contributed by atoms with van der Waals surface area (Å²) >= 11 is 0. The fourth-order valence-corrected chi connectivity index (χ4v) is 1.85. The third kappa shape index (κ3) is 4.14. The predicted molar refractivity (Wildman–Crippen MR) is 87.5 cm³/mol. The predicted octanol–water partition coefficient (Wildman–Crippen LogP) is 3.37. The highest BCUT2D eigenvalue weighted by Crippen LogP contribution is 2.28. The standard InChI is InChI=1S/C18H16O5/c1-3-12-5-8-16(15(20)10-12)23-18(21)9-6-13-4-7-14(19)17(11-13)22-2/h3-11,19-20H,1H2,2H3/b9-6+. The van der Waals surface area contributed by atoms with Crippen LogP contribution in [0, 0.1) is 0 Å². The van der Waals surface area contributed by atoms with E-state index >= 15 is 0 Å². The van der Waals surface area contributed by atoms with Crippen LogP contribution < -0.4 is 9.47 Å². The molecular formula is C18H16O5. The molecule has 5 nitrogen and oxygen atoms in total. The molecule has 0 unspecified atom stereocenters. The lowest BCUT2D eigenvalue weighted by molar-refractivity contribution is -0.129. The zero-order valence-electron chi connectivity index (χ0n) is 12.5. The minimum absolute atomic E-state index is 0.0134. The largest absolute Gasteiger partial charge is 0.504 e. The number of rotatable bonds is 5. The fraction of sp³-hybridized carbons (Fsp3) is 0.0556. The Morgan fingerprint density at radius 1 is 1.04 bits per heavy atom. The third-order valence-electron chi connectivity index (χ3n) is 3.04. The second-order valence-electron chi connectivity index (χ2n) is 4.62. The van der Waals surface area contributed by atoms with Crippen LogP contribution in [0.25, 0.3) is 12.2 Å². The van der Waals surface area contributed by atoms with E-state index in [4.69, 9.17) is 9.47 Å². The molecule has 5 heteroatoms. The quantitative estimate of drug-likeness (QED) is 0.503. The summed E-state index contributed by atoms with van der Waals surface area (Å²) < 4.78 is 10.0. The van der Waals surface area contributed by atoms with Crippen LogP contribution in [0.15, 0.2) is 49.1 Å². The maximum absolute atomic E-state index is 11.8. The SMILES string of the molecule is C=Cc1ccc(OC(=O)/C=C/c2ccc(O)c(OC)c2)c(O)c1. The molecule has 0 fully saturated rings. The van der Waals surface area contributed by atoms with Gasteiger partial charge >= 0.3 is 5.97 Å². The van der Waals surface area contributed by atoms with Gasteiger partial charge in [-0.1, -0.05) is 24.8 Å². The number of carbonyl (C=O) groups excluding carboxylic acids is 1. The number of benzene rings is 2. The normalized spacial score (nSPS) is 10.5. The van der Waals surface area contributed by atoms with Crippen molar-refractivity contribution in [2.45, 2.75) is 0 Å². The van der Waals surface area contributed by atoms with Gasteiger partial charge in [0.05, 0.1) is 7.11 Å². The number of methoxy groups -OCH3 is 1. The van der Waals surface area contributed by atoms with Crippen molar-refractivity contribution in [3.05, 3.63) is 60.2 Å². The van der Waals surface area contributed by atoms with Crippen LogP contribution in [0.5, 0.6) is 23.0 Å².